The standard InChI is InChI=1S/C22H23N3O3S/c1-29(27,28)18-6-4-5-17(12-18)23-22(26)21-19-7-2-3-8-20(19)24-25(21)13-14-9-15-11-16(15)10-14/h2-8,12,14-16H,9-11,13H2,1H3,(H,23,26). The first-order chi connectivity index (χ1) is 13.9. The number of fused-ring (bicyclic) bond motifs is 2. The molecule has 6 nitrogen and oxygen atoms in total. The average Bonchev–Trinajstić information content (AvgIpc) is 3.12. The second-order valence-corrected chi connectivity index (χ2v) is 10.4. The zero-order valence-electron chi connectivity index (χ0n) is 16.2. The second-order valence-electron chi connectivity index (χ2n) is 8.40. The van der Waals surface area contributed by atoms with Gasteiger partial charge in [0.15, 0.2) is 9.84 Å². The van der Waals surface area contributed by atoms with Gasteiger partial charge in [0.1, 0.15) is 5.69 Å². The fourth-order valence-electron chi connectivity index (χ4n) is 4.68. The third kappa shape index (κ3) is 3.55. The molecule has 2 aromatic carbocycles. The highest BCUT2D eigenvalue weighted by atomic mass is 32.2. The zero-order chi connectivity index (χ0) is 20.2. The van der Waals surface area contributed by atoms with Crippen LogP contribution in [0.15, 0.2) is 53.4 Å². The smallest absolute Gasteiger partial charge is 0.274 e. The maximum Gasteiger partial charge on any atom is 0.274 e. The summed E-state index contributed by atoms with van der Waals surface area (Å²) < 4.78 is 25.5. The van der Waals surface area contributed by atoms with Crippen LogP contribution in [0.1, 0.15) is 29.8 Å². The molecule has 1 aromatic heterocycles. The molecule has 0 spiro atoms. The van der Waals surface area contributed by atoms with Gasteiger partial charge in [0.05, 0.1) is 10.4 Å². The number of nitrogens with one attached hydrogen (secondary N) is 1. The summed E-state index contributed by atoms with van der Waals surface area (Å²) in [5, 5.41) is 8.38. The Morgan fingerprint density at radius 2 is 1.86 bits per heavy atom. The summed E-state index contributed by atoms with van der Waals surface area (Å²) >= 11 is 0. The van der Waals surface area contributed by atoms with Crippen molar-refractivity contribution >= 4 is 32.3 Å². The van der Waals surface area contributed by atoms with Crippen LogP contribution in [-0.2, 0) is 16.4 Å². The number of hydrogen-bond donors (Lipinski definition) is 1. The van der Waals surface area contributed by atoms with Crippen molar-refractivity contribution in [2.75, 3.05) is 11.6 Å². The molecule has 3 aromatic rings. The van der Waals surface area contributed by atoms with E-state index in [1.165, 1.54) is 31.4 Å². The minimum atomic E-state index is -3.34. The van der Waals surface area contributed by atoms with Crippen molar-refractivity contribution in [1.29, 1.82) is 0 Å². The van der Waals surface area contributed by atoms with E-state index in [9.17, 15) is 13.2 Å². The summed E-state index contributed by atoms with van der Waals surface area (Å²) in [6.45, 7) is 0.744. The Balaban J connectivity index is 1.46. The molecular weight excluding hydrogens is 386 g/mol. The molecule has 1 amide bonds. The number of sulfone groups is 1. The Morgan fingerprint density at radius 3 is 2.62 bits per heavy atom. The molecule has 0 bridgehead atoms. The molecular formula is C22H23N3O3S. The molecule has 2 atom stereocenters. The summed E-state index contributed by atoms with van der Waals surface area (Å²) in [5.41, 5.74) is 1.79. The van der Waals surface area contributed by atoms with Crippen molar-refractivity contribution in [1.82, 2.24) is 9.78 Å². The molecule has 5 rings (SSSR count). The number of carbonyl (C=O) groups is 1. The maximum atomic E-state index is 13.2. The minimum absolute atomic E-state index is 0.179. The van der Waals surface area contributed by atoms with Crippen molar-refractivity contribution in [3.63, 3.8) is 0 Å². The Morgan fingerprint density at radius 1 is 1.10 bits per heavy atom. The molecule has 7 heteroatoms. The van der Waals surface area contributed by atoms with E-state index >= 15 is 0 Å². The highest BCUT2D eigenvalue weighted by Gasteiger charge is 2.45. The zero-order valence-corrected chi connectivity index (χ0v) is 17.0. The number of rotatable bonds is 5. The van der Waals surface area contributed by atoms with Gasteiger partial charge in [-0.05, 0) is 61.3 Å². The minimum Gasteiger partial charge on any atom is -0.321 e. The van der Waals surface area contributed by atoms with Crippen LogP contribution in [0.25, 0.3) is 10.9 Å². The summed E-state index contributed by atoms with van der Waals surface area (Å²) in [7, 11) is -3.34. The van der Waals surface area contributed by atoms with E-state index in [1.54, 1.807) is 12.1 Å². The summed E-state index contributed by atoms with van der Waals surface area (Å²) in [4.78, 5) is 13.4. The first-order valence-corrected chi connectivity index (χ1v) is 11.8. The first-order valence-electron chi connectivity index (χ1n) is 9.95. The van der Waals surface area contributed by atoms with E-state index in [0.717, 1.165) is 35.5 Å². The predicted octanol–water partition coefficient (Wildman–Crippen LogP) is 3.74. The highest BCUT2D eigenvalue weighted by molar-refractivity contribution is 7.90. The monoisotopic (exact) mass is 409 g/mol. The van der Waals surface area contributed by atoms with E-state index in [0.29, 0.717) is 17.3 Å². The van der Waals surface area contributed by atoms with Gasteiger partial charge in [0.25, 0.3) is 5.91 Å². The predicted molar refractivity (Wildman–Crippen MR) is 112 cm³/mol. The Hall–Kier alpha value is -2.67. The van der Waals surface area contributed by atoms with E-state index in [2.05, 4.69) is 5.32 Å². The first kappa shape index (κ1) is 18.4. The fourth-order valence-corrected chi connectivity index (χ4v) is 5.35. The van der Waals surface area contributed by atoms with Gasteiger partial charge < -0.3 is 5.32 Å². The van der Waals surface area contributed by atoms with E-state index < -0.39 is 9.84 Å². The lowest BCUT2D eigenvalue weighted by atomic mass is 10.0. The number of aromatic nitrogens is 2. The van der Waals surface area contributed by atoms with Crippen molar-refractivity contribution in [3.05, 3.63) is 54.2 Å². The Bertz CT molecular complexity index is 1210. The quantitative estimate of drug-likeness (QED) is 0.696. The van der Waals surface area contributed by atoms with Gasteiger partial charge >= 0.3 is 0 Å². The van der Waals surface area contributed by atoms with Crippen molar-refractivity contribution < 1.29 is 13.2 Å². The van der Waals surface area contributed by atoms with Gasteiger partial charge in [0, 0.05) is 23.9 Å². The van der Waals surface area contributed by atoms with Gasteiger partial charge in [-0.3, -0.25) is 9.48 Å². The van der Waals surface area contributed by atoms with Gasteiger partial charge in [-0.25, -0.2) is 8.42 Å². The average molecular weight is 410 g/mol. The van der Waals surface area contributed by atoms with Crippen LogP contribution in [0.2, 0.25) is 0 Å². The van der Waals surface area contributed by atoms with Crippen LogP contribution >= 0.6 is 0 Å². The van der Waals surface area contributed by atoms with Crippen molar-refractivity contribution in [2.24, 2.45) is 17.8 Å². The fraction of sp³-hybridized carbons (Fsp3) is 0.364. The van der Waals surface area contributed by atoms with Crippen LogP contribution in [0.3, 0.4) is 0 Å². The molecule has 0 radical (unpaired) electrons. The lowest BCUT2D eigenvalue weighted by Gasteiger charge is -2.14. The van der Waals surface area contributed by atoms with Crippen LogP contribution in [-0.4, -0.2) is 30.4 Å². The molecule has 2 saturated carbocycles. The third-order valence-corrected chi connectivity index (χ3v) is 7.26. The van der Waals surface area contributed by atoms with Gasteiger partial charge in [-0.1, -0.05) is 24.3 Å². The van der Waals surface area contributed by atoms with E-state index in [-0.39, 0.29) is 10.8 Å². The maximum absolute atomic E-state index is 13.2. The molecule has 150 valence electrons. The molecule has 2 aliphatic carbocycles. The van der Waals surface area contributed by atoms with Gasteiger partial charge in [0.2, 0.25) is 0 Å². The van der Waals surface area contributed by atoms with Crippen molar-refractivity contribution in [3.8, 4) is 0 Å². The molecule has 2 fully saturated rings. The number of anilines is 1. The number of amides is 1. The summed E-state index contributed by atoms with van der Waals surface area (Å²) in [5.74, 6) is 2.04. The summed E-state index contributed by atoms with van der Waals surface area (Å²) in [6.07, 6.45) is 4.96. The van der Waals surface area contributed by atoms with Crippen molar-refractivity contribution in [2.45, 2.75) is 30.7 Å². The van der Waals surface area contributed by atoms with Crippen LogP contribution in [0.4, 0.5) is 5.69 Å². The third-order valence-electron chi connectivity index (χ3n) is 6.15. The van der Waals surface area contributed by atoms with Crippen LogP contribution < -0.4 is 5.32 Å². The highest BCUT2D eigenvalue weighted by Crippen LogP contribution is 2.54. The second kappa shape index (κ2) is 6.69. The topological polar surface area (TPSA) is 81.1 Å². The molecule has 29 heavy (non-hydrogen) atoms. The van der Waals surface area contributed by atoms with Gasteiger partial charge in [-0.15, -0.1) is 0 Å². The molecule has 2 unspecified atom stereocenters. The lowest BCUT2D eigenvalue weighted by molar-refractivity contribution is 0.101. The van der Waals surface area contributed by atoms with Gasteiger partial charge in [-0.2, -0.15) is 5.10 Å². The Labute approximate surface area is 169 Å². The molecule has 2 aliphatic rings. The largest absolute Gasteiger partial charge is 0.321 e. The SMILES string of the molecule is CS(=O)(=O)c1cccc(NC(=O)c2c3ccccc3nn2CC2CC3CC3C2)c1. The van der Waals surface area contributed by atoms with Crippen LogP contribution in [0.5, 0.6) is 0 Å². The van der Waals surface area contributed by atoms with E-state index in [4.69, 9.17) is 5.10 Å². The number of hydrogen-bond acceptors (Lipinski definition) is 4. The normalized spacial score (nSPS) is 23.1. The molecule has 1 heterocycles. The molecule has 0 aliphatic heterocycles. The number of carbonyl (C=O) groups excluding carboxylic acids is 1. The van der Waals surface area contributed by atoms with E-state index in [1.807, 2.05) is 28.9 Å². The number of nitrogens with zero attached hydrogens (tertiary/aromatic N) is 2. The summed E-state index contributed by atoms with van der Waals surface area (Å²) in [6, 6.07) is 14.0. The molecule has 1 N–H and O–H groups in total. The van der Waals surface area contributed by atoms with Crippen LogP contribution in [0, 0.1) is 17.8 Å². The Kier molecular flexibility index (Phi) is 4.24. The number of benzene rings is 2. The molecule has 0 saturated heterocycles. The lowest BCUT2D eigenvalue weighted by Crippen LogP contribution is -2.21.